The van der Waals surface area contributed by atoms with Crippen molar-refractivity contribution in [3.05, 3.63) is 17.5 Å². The van der Waals surface area contributed by atoms with E-state index in [4.69, 9.17) is 0 Å². The lowest BCUT2D eigenvalue weighted by Gasteiger charge is -2.17. The number of aromatic nitrogens is 2. The van der Waals surface area contributed by atoms with E-state index in [9.17, 15) is 8.78 Å². The van der Waals surface area contributed by atoms with Crippen molar-refractivity contribution in [2.75, 3.05) is 25.0 Å². The Morgan fingerprint density at radius 1 is 1.41 bits per heavy atom. The number of halogens is 2. The van der Waals surface area contributed by atoms with Crippen LogP contribution >= 0.6 is 0 Å². The van der Waals surface area contributed by atoms with Crippen molar-refractivity contribution < 1.29 is 8.78 Å². The third-order valence-electron chi connectivity index (χ3n) is 2.85. The van der Waals surface area contributed by atoms with Crippen LogP contribution in [0.4, 0.5) is 14.7 Å². The second kappa shape index (κ2) is 5.35. The van der Waals surface area contributed by atoms with Gasteiger partial charge in [0.1, 0.15) is 5.69 Å². The molecular formula is C11H16F2N4. The molecule has 0 amide bonds. The predicted octanol–water partition coefficient (Wildman–Crippen LogP) is 1.73. The maximum atomic E-state index is 12.9. The standard InChI is InChI=1S/C11H16F2N4/c1-14-6-8-7-15-11(16-9(8)10(12)13)17-4-2-3-5-17/h7,10,14H,2-6H2,1H3. The summed E-state index contributed by atoms with van der Waals surface area (Å²) < 4.78 is 25.8. The molecule has 0 aliphatic carbocycles. The zero-order chi connectivity index (χ0) is 12.3. The molecule has 0 atom stereocenters. The lowest BCUT2D eigenvalue weighted by molar-refractivity contribution is 0.144. The van der Waals surface area contributed by atoms with Crippen LogP contribution in [-0.4, -0.2) is 30.1 Å². The van der Waals surface area contributed by atoms with Crippen molar-refractivity contribution in [2.45, 2.75) is 25.8 Å². The Kier molecular flexibility index (Phi) is 3.83. The van der Waals surface area contributed by atoms with Gasteiger partial charge < -0.3 is 10.2 Å². The smallest absolute Gasteiger partial charge is 0.280 e. The van der Waals surface area contributed by atoms with Crippen molar-refractivity contribution in [1.82, 2.24) is 15.3 Å². The van der Waals surface area contributed by atoms with Crippen LogP contribution in [0.15, 0.2) is 6.20 Å². The molecule has 4 nitrogen and oxygen atoms in total. The van der Waals surface area contributed by atoms with Crippen LogP contribution in [-0.2, 0) is 6.54 Å². The van der Waals surface area contributed by atoms with Gasteiger partial charge in [-0.2, -0.15) is 0 Å². The molecule has 6 heteroatoms. The average molecular weight is 242 g/mol. The van der Waals surface area contributed by atoms with E-state index in [0.717, 1.165) is 25.9 Å². The molecule has 1 fully saturated rings. The summed E-state index contributed by atoms with van der Waals surface area (Å²) in [5.74, 6) is 0.428. The highest BCUT2D eigenvalue weighted by molar-refractivity contribution is 5.34. The molecule has 1 aromatic rings. The highest BCUT2D eigenvalue weighted by Crippen LogP contribution is 2.24. The predicted molar refractivity (Wildman–Crippen MR) is 61.2 cm³/mol. The minimum absolute atomic E-state index is 0.156. The minimum atomic E-state index is -2.55. The van der Waals surface area contributed by atoms with Gasteiger partial charge in [-0.15, -0.1) is 0 Å². The number of nitrogens with one attached hydrogen (secondary N) is 1. The van der Waals surface area contributed by atoms with Gasteiger partial charge in [-0.05, 0) is 19.9 Å². The lowest BCUT2D eigenvalue weighted by atomic mass is 10.2. The van der Waals surface area contributed by atoms with Crippen LogP contribution in [0.25, 0.3) is 0 Å². The second-order valence-electron chi connectivity index (χ2n) is 4.11. The maximum Gasteiger partial charge on any atom is 0.280 e. The second-order valence-corrected chi connectivity index (χ2v) is 4.11. The van der Waals surface area contributed by atoms with Crippen molar-refractivity contribution >= 4 is 5.95 Å². The molecule has 0 bridgehead atoms. The Bertz CT molecular complexity index is 378. The Morgan fingerprint density at radius 2 is 2.12 bits per heavy atom. The van der Waals surface area contributed by atoms with Gasteiger partial charge in [0.05, 0.1) is 0 Å². The molecule has 0 radical (unpaired) electrons. The van der Waals surface area contributed by atoms with Gasteiger partial charge >= 0.3 is 0 Å². The van der Waals surface area contributed by atoms with Crippen LogP contribution in [0.3, 0.4) is 0 Å². The number of anilines is 1. The molecule has 0 spiro atoms. The topological polar surface area (TPSA) is 41.1 Å². The quantitative estimate of drug-likeness (QED) is 0.873. The van der Waals surface area contributed by atoms with E-state index in [2.05, 4.69) is 15.3 Å². The summed E-state index contributed by atoms with van der Waals surface area (Å²) in [6, 6.07) is 0. The molecule has 94 valence electrons. The van der Waals surface area contributed by atoms with Gasteiger partial charge in [0.15, 0.2) is 0 Å². The van der Waals surface area contributed by atoms with E-state index in [1.54, 1.807) is 7.05 Å². The minimum Gasteiger partial charge on any atom is -0.341 e. The number of alkyl halides is 2. The molecule has 1 aliphatic heterocycles. The number of hydrogen-bond acceptors (Lipinski definition) is 4. The Hall–Kier alpha value is -1.30. The SMILES string of the molecule is CNCc1cnc(N2CCCC2)nc1C(F)F. The Balaban J connectivity index is 2.27. The van der Waals surface area contributed by atoms with Gasteiger partial charge in [-0.3, -0.25) is 0 Å². The van der Waals surface area contributed by atoms with Gasteiger partial charge in [0.25, 0.3) is 6.43 Å². The van der Waals surface area contributed by atoms with Crippen LogP contribution in [0.1, 0.15) is 30.5 Å². The molecule has 1 aliphatic rings. The van der Waals surface area contributed by atoms with Gasteiger partial charge in [-0.25, -0.2) is 18.7 Å². The van der Waals surface area contributed by atoms with E-state index in [1.807, 2.05) is 4.90 Å². The normalized spacial score (nSPS) is 15.9. The van der Waals surface area contributed by atoms with E-state index >= 15 is 0 Å². The molecule has 0 saturated carbocycles. The fraction of sp³-hybridized carbons (Fsp3) is 0.636. The lowest BCUT2D eigenvalue weighted by Crippen LogP contribution is -2.22. The van der Waals surface area contributed by atoms with Crippen LogP contribution in [0.5, 0.6) is 0 Å². The molecule has 1 N–H and O–H groups in total. The van der Waals surface area contributed by atoms with E-state index in [0.29, 0.717) is 18.1 Å². The number of rotatable bonds is 4. The summed E-state index contributed by atoms with van der Waals surface area (Å²) >= 11 is 0. The Labute approximate surface area is 99.1 Å². The van der Waals surface area contributed by atoms with Gasteiger partial charge in [-0.1, -0.05) is 0 Å². The third-order valence-corrected chi connectivity index (χ3v) is 2.85. The largest absolute Gasteiger partial charge is 0.341 e. The van der Waals surface area contributed by atoms with Crippen LogP contribution in [0, 0.1) is 0 Å². The van der Waals surface area contributed by atoms with Crippen molar-refractivity contribution in [3.8, 4) is 0 Å². The van der Waals surface area contributed by atoms with Crippen molar-refractivity contribution in [3.63, 3.8) is 0 Å². The molecule has 1 aromatic heterocycles. The van der Waals surface area contributed by atoms with Crippen LogP contribution in [0.2, 0.25) is 0 Å². The first-order valence-corrected chi connectivity index (χ1v) is 5.76. The maximum absolute atomic E-state index is 12.9. The summed E-state index contributed by atoms with van der Waals surface area (Å²) in [6.07, 6.45) is 1.10. The highest BCUT2D eigenvalue weighted by atomic mass is 19.3. The summed E-state index contributed by atoms with van der Waals surface area (Å²) in [5, 5.41) is 2.84. The first kappa shape index (κ1) is 12.2. The summed E-state index contributed by atoms with van der Waals surface area (Å²) in [7, 11) is 1.71. The van der Waals surface area contributed by atoms with E-state index < -0.39 is 6.43 Å². The third kappa shape index (κ3) is 2.69. The fourth-order valence-corrected chi connectivity index (χ4v) is 2.00. The summed E-state index contributed by atoms with van der Waals surface area (Å²) in [6.45, 7) is 2.07. The monoisotopic (exact) mass is 242 g/mol. The Morgan fingerprint density at radius 3 is 2.71 bits per heavy atom. The number of hydrogen-bond donors (Lipinski definition) is 1. The molecule has 2 rings (SSSR count). The number of nitrogens with zero attached hydrogens (tertiary/aromatic N) is 3. The summed E-state index contributed by atoms with van der Waals surface area (Å²) in [5.41, 5.74) is 0.307. The molecular weight excluding hydrogens is 226 g/mol. The first-order valence-electron chi connectivity index (χ1n) is 5.76. The zero-order valence-corrected chi connectivity index (χ0v) is 9.79. The first-order chi connectivity index (χ1) is 8.22. The van der Waals surface area contributed by atoms with Gasteiger partial charge in [0.2, 0.25) is 5.95 Å². The molecule has 17 heavy (non-hydrogen) atoms. The summed E-state index contributed by atoms with van der Waals surface area (Å²) in [4.78, 5) is 10.1. The molecule has 0 aromatic carbocycles. The van der Waals surface area contributed by atoms with Crippen LogP contribution < -0.4 is 10.2 Å². The van der Waals surface area contributed by atoms with E-state index in [-0.39, 0.29) is 5.69 Å². The highest BCUT2D eigenvalue weighted by Gasteiger charge is 2.20. The van der Waals surface area contributed by atoms with Crippen molar-refractivity contribution in [1.29, 1.82) is 0 Å². The van der Waals surface area contributed by atoms with E-state index in [1.165, 1.54) is 6.20 Å². The molecule has 1 saturated heterocycles. The molecule has 2 heterocycles. The average Bonchev–Trinajstić information content (AvgIpc) is 2.83. The fourth-order valence-electron chi connectivity index (χ4n) is 2.00. The van der Waals surface area contributed by atoms with Crippen molar-refractivity contribution in [2.24, 2.45) is 0 Å². The molecule has 0 unspecified atom stereocenters. The zero-order valence-electron chi connectivity index (χ0n) is 9.79. The van der Waals surface area contributed by atoms with Gasteiger partial charge in [0, 0.05) is 31.4 Å².